The van der Waals surface area contributed by atoms with Crippen LogP contribution in [0.15, 0.2) is 54.6 Å². The first-order chi connectivity index (χ1) is 9.35. The van der Waals surface area contributed by atoms with E-state index in [-0.39, 0.29) is 7.05 Å². The maximum absolute atomic E-state index is 5.84. The minimum Gasteiger partial charge on any atom is -0.413 e. The Morgan fingerprint density at radius 2 is 1.74 bits per heavy atom. The molecular weight excluding hydrogens is 233 g/mol. The van der Waals surface area contributed by atoms with Gasteiger partial charge in [0.05, 0.1) is 0 Å². The van der Waals surface area contributed by atoms with Crippen molar-refractivity contribution in [3.63, 3.8) is 0 Å². The van der Waals surface area contributed by atoms with Crippen molar-refractivity contribution in [3.05, 3.63) is 67.1 Å². The average molecular weight is 252 g/mol. The molecular formula is C16H19BNO. The first-order valence-electron chi connectivity index (χ1n) is 6.65. The zero-order valence-corrected chi connectivity index (χ0v) is 11.3. The van der Waals surface area contributed by atoms with Crippen LogP contribution in [-0.4, -0.2) is 13.7 Å². The van der Waals surface area contributed by atoms with Crippen LogP contribution in [0, 0.1) is 6.92 Å². The Balaban J connectivity index is 2.24. The van der Waals surface area contributed by atoms with E-state index in [1.54, 1.807) is 0 Å². The van der Waals surface area contributed by atoms with Gasteiger partial charge in [-0.1, -0.05) is 42.5 Å². The van der Waals surface area contributed by atoms with E-state index in [0.717, 1.165) is 17.6 Å². The molecule has 0 aliphatic heterocycles. The highest BCUT2D eigenvalue weighted by molar-refractivity contribution is 6.71. The SMILES string of the molecule is [CH2]Cc1ccccc1B(Nc1ccccc1)OCC. The number of hydrogen-bond donors (Lipinski definition) is 1. The third-order valence-electron chi connectivity index (χ3n) is 3.01. The van der Waals surface area contributed by atoms with Crippen LogP contribution in [0.3, 0.4) is 0 Å². The molecule has 0 amide bonds. The molecule has 0 atom stereocenters. The van der Waals surface area contributed by atoms with Crippen molar-refractivity contribution < 1.29 is 4.65 Å². The fraction of sp³-hybridized carbons (Fsp3) is 0.188. The van der Waals surface area contributed by atoms with E-state index in [2.05, 4.69) is 24.3 Å². The molecule has 0 aliphatic rings. The number of rotatable bonds is 6. The summed E-state index contributed by atoms with van der Waals surface area (Å²) >= 11 is 0. The van der Waals surface area contributed by atoms with Crippen molar-refractivity contribution in [1.82, 2.24) is 0 Å². The molecule has 19 heavy (non-hydrogen) atoms. The molecule has 3 heteroatoms. The first kappa shape index (κ1) is 13.7. The highest BCUT2D eigenvalue weighted by Gasteiger charge is 2.21. The lowest BCUT2D eigenvalue weighted by atomic mass is 9.70. The minimum atomic E-state index is -0.134. The maximum Gasteiger partial charge on any atom is 0.449 e. The van der Waals surface area contributed by atoms with Crippen LogP contribution in [0.25, 0.3) is 0 Å². The van der Waals surface area contributed by atoms with Crippen LogP contribution in [0.5, 0.6) is 0 Å². The summed E-state index contributed by atoms with van der Waals surface area (Å²) < 4.78 is 5.84. The molecule has 0 bridgehead atoms. The molecule has 0 unspecified atom stereocenters. The Labute approximate surface area is 115 Å². The van der Waals surface area contributed by atoms with E-state index in [9.17, 15) is 0 Å². The summed E-state index contributed by atoms with van der Waals surface area (Å²) in [6.07, 6.45) is 0.760. The summed E-state index contributed by atoms with van der Waals surface area (Å²) in [4.78, 5) is 0. The van der Waals surface area contributed by atoms with E-state index in [1.165, 1.54) is 5.56 Å². The Kier molecular flexibility index (Phi) is 5.05. The molecule has 97 valence electrons. The average Bonchev–Trinajstić information content (AvgIpc) is 2.48. The van der Waals surface area contributed by atoms with Gasteiger partial charge in [-0.2, -0.15) is 0 Å². The van der Waals surface area contributed by atoms with E-state index in [0.29, 0.717) is 6.61 Å². The zero-order valence-electron chi connectivity index (χ0n) is 11.3. The maximum atomic E-state index is 5.84. The molecule has 0 spiro atoms. The first-order valence-corrected chi connectivity index (χ1v) is 6.65. The van der Waals surface area contributed by atoms with Gasteiger partial charge in [-0.15, -0.1) is 0 Å². The van der Waals surface area contributed by atoms with Crippen molar-refractivity contribution in [1.29, 1.82) is 0 Å². The third-order valence-corrected chi connectivity index (χ3v) is 3.01. The molecule has 0 aliphatic carbocycles. The largest absolute Gasteiger partial charge is 0.449 e. The molecule has 1 radical (unpaired) electrons. The topological polar surface area (TPSA) is 21.3 Å². The summed E-state index contributed by atoms with van der Waals surface area (Å²) in [5.74, 6) is 0. The van der Waals surface area contributed by atoms with Crippen LogP contribution in [0.4, 0.5) is 5.69 Å². The number of benzene rings is 2. The van der Waals surface area contributed by atoms with Gasteiger partial charge in [-0.3, -0.25) is 0 Å². The van der Waals surface area contributed by atoms with Gasteiger partial charge in [0.15, 0.2) is 0 Å². The second-order valence-corrected chi connectivity index (χ2v) is 4.29. The number of hydrogen-bond acceptors (Lipinski definition) is 2. The minimum absolute atomic E-state index is 0.134. The van der Waals surface area contributed by atoms with Gasteiger partial charge in [0.2, 0.25) is 0 Å². The highest BCUT2D eigenvalue weighted by atomic mass is 16.4. The monoisotopic (exact) mass is 252 g/mol. The summed E-state index contributed by atoms with van der Waals surface area (Å²) in [5, 5.41) is 3.42. The Morgan fingerprint density at radius 3 is 2.42 bits per heavy atom. The van der Waals surface area contributed by atoms with Crippen molar-refractivity contribution in [2.45, 2.75) is 13.3 Å². The van der Waals surface area contributed by atoms with E-state index in [4.69, 9.17) is 4.65 Å². The van der Waals surface area contributed by atoms with Crippen LogP contribution in [0.1, 0.15) is 12.5 Å². The second-order valence-electron chi connectivity index (χ2n) is 4.29. The quantitative estimate of drug-likeness (QED) is 0.798. The van der Waals surface area contributed by atoms with Gasteiger partial charge in [-0.05, 0) is 43.4 Å². The predicted molar refractivity (Wildman–Crippen MR) is 82.6 cm³/mol. The smallest absolute Gasteiger partial charge is 0.413 e. The van der Waals surface area contributed by atoms with Gasteiger partial charge in [-0.25, -0.2) is 0 Å². The van der Waals surface area contributed by atoms with E-state index in [1.807, 2.05) is 49.4 Å². The van der Waals surface area contributed by atoms with Crippen molar-refractivity contribution in [2.24, 2.45) is 0 Å². The molecule has 0 heterocycles. The lowest BCUT2D eigenvalue weighted by molar-refractivity contribution is 0.354. The summed E-state index contributed by atoms with van der Waals surface area (Å²) in [5.41, 5.74) is 3.42. The van der Waals surface area contributed by atoms with Crippen molar-refractivity contribution in [2.75, 3.05) is 11.8 Å². The van der Waals surface area contributed by atoms with Gasteiger partial charge in [0.1, 0.15) is 0 Å². The Morgan fingerprint density at radius 1 is 1.05 bits per heavy atom. The Bertz CT molecular complexity index is 501. The fourth-order valence-corrected chi connectivity index (χ4v) is 2.08. The van der Waals surface area contributed by atoms with Gasteiger partial charge < -0.3 is 9.88 Å². The molecule has 2 nitrogen and oxygen atoms in total. The Hall–Kier alpha value is -1.74. The van der Waals surface area contributed by atoms with Crippen LogP contribution in [0.2, 0.25) is 0 Å². The molecule has 0 aromatic heterocycles. The second kappa shape index (κ2) is 7.00. The lowest BCUT2D eigenvalue weighted by Gasteiger charge is -2.18. The molecule has 0 fully saturated rings. The third kappa shape index (κ3) is 3.61. The van der Waals surface area contributed by atoms with Gasteiger partial charge in [0.25, 0.3) is 0 Å². The van der Waals surface area contributed by atoms with Gasteiger partial charge >= 0.3 is 7.05 Å². The summed E-state index contributed by atoms with van der Waals surface area (Å²) in [6, 6.07) is 18.4. The highest BCUT2D eigenvalue weighted by Crippen LogP contribution is 2.08. The zero-order chi connectivity index (χ0) is 13.5. The molecule has 0 saturated heterocycles. The molecule has 1 N–H and O–H groups in total. The number of para-hydroxylation sites is 1. The van der Waals surface area contributed by atoms with Crippen LogP contribution < -0.4 is 10.7 Å². The van der Waals surface area contributed by atoms with Crippen molar-refractivity contribution >= 4 is 18.2 Å². The molecule has 2 aromatic carbocycles. The molecule has 2 aromatic rings. The lowest BCUT2D eigenvalue weighted by Crippen LogP contribution is -2.43. The number of nitrogens with one attached hydrogen (secondary N) is 1. The molecule has 0 saturated carbocycles. The van der Waals surface area contributed by atoms with E-state index >= 15 is 0 Å². The molecule has 2 rings (SSSR count). The van der Waals surface area contributed by atoms with E-state index < -0.39 is 0 Å². The van der Waals surface area contributed by atoms with Gasteiger partial charge in [0, 0.05) is 12.3 Å². The standard InChI is InChI=1S/C16H19BNO/c1-3-14-10-8-9-13-16(14)17(19-4-2)18-15-11-6-5-7-12-15/h5-13,18H,1,3-4H2,2H3. The summed E-state index contributed by atoms with van der Waals surface area (Å²) in [7, 11) is -0.134. The number of anilines is 1. The summed E-state index contributed by atoms with van der Waals surface area (Å²) in [6.45, 7) is 6.65. The van der Waals surface area contributed by atoms with Crippen LogP contribution in [-0.2, 0) is 11.1 Å². The van der Waals surface area contributed by atoms with Crippen molar-refractivity contribution in [3.8, 4) is 0 Å². The predicted octanol–water partition coefficient (Wildman–Crippen LogP) is 2.91. The van der Waals surface area contributed by atoms with Crippen LogP contribution >= 0.6 is 0 Å². The normalized spacial score (nSPS) is 10.2. The fourth-order valence-electron chi connectivity index (χ4n) is 2.08.